The van der Waals surface area contributed by atoms with E-state index in [0.717, 1.165) is 25.7 Å². The number of amides is 1. The molecule has 0 radical (unpaired) electrons. The second-order valence-corrected chi connectivity index (χ2v) is 4.85. The van der Waals surface area contributed by atoms with Crippen molar-refractivity contribution >= 4 is 30.7 Å². The van der Waals surface area contributed by atoms with Gasteiger partial charge in [-0.05, 0) is 12.8 Å². The Balaban J connectivity index is 0.00000180. The molecule has 116 valence electrons. The summed E-state index contributed by atoms with van der Waals surface area (Å²) in [5.41, 5.74) is 5.41. The van der Waals surface area contributed by atoms with Crippen LogP contribution in [0.5, 0.6) is 0 Å². The Morgan fingerprint density at radius 2 is 2.10 bits per heavy atom. The van der Waals surface area contributed by atoms with E-state index in [1.807, 2.05) is 0 Å². The third kappa shape index (κ3) is 4.34. The Kier molecular flexibility index (Phi) is 8.12. The Bertz CT molecular complexity index is 394. The number of nitrogens with zero attached hydrogens (tertiary/aromatic N) is 2. The van der Waals surface area contributed by atoms with Crippen LogP contribution in [0, 0.1) is 0 Å². The number of aliphatic hydroxyl groups excluding tert-OH is 1. The summed E-state index contributed by atoms with van der Waals surface area (Å²) < 4.78 is 0. The molecule has 1 aromatic rings. The first-order chi connectivity index (χ1) is 8.65. The van der Waals surface area contributed by atoms with Crippen LogP contribution in [0.25, 0.3) is 0 Å². The molecule has 0 aromatic carbocycles. The summed E-state index contributed by atoms with van der Waals surface area (Å²) in [6, 6.07) is 0. The van der Waals surface area contributed by atoms with Gasteiger partial charge >= 0.3 is 0 Å². The van der Waals surface area contributed by atoms with Gasteiger partial charge in [-0.25, -0.2) is 4.98 Å². The Hall–Kier alpha value is -0.820. The quantitative estimate of drug-likeness (QED) is 0.748. The van der Waals surface area contributed by atoms with Crippen LogP contribution in [-0.2, 0) is 11.3 Å². The molecule has 2 rings (SSSR count). The highest BCUT2D eigenvalue weighted by Crippen LogP contribution is 2.29. The number of hydrogen-bond acceptors (Lipinski definition) is 4. The third-order valence-corrected chi connectivity index (χ3v) is 3.47. The van der Waals surface area contributed by atoms with Gasteiger partial charge in [0.2, 0.25) is 5.91 Å². The van der Waals surface area contributed by atoms with E-state index in [1.54, 1.807) is 17.3 Å². The Morgan fingerprint density at radius 1 is 1.45 bits per heavy atom. The minimum atomic E-state index is -0.748. The number of aliphatic hydroxyl groups is 1. The van der Waals surface area contributed by atoms with Gasteiger partial charge in [-0.1, -0.05) is 12.8 Å². The summed E-state index contributed by atoms with van der Waals surface area (Å²) in [5, 5.41) is 9.08. The van der Waals surface area contributed by atoms with E-state index in [-0.39, 0.29) is 37.3 Å². The van der Waals surface area contributed by atoms with Gasteiger partial charge in [-0.2, -0.15) is 0 Å². The summed E-state index contributed by atoms with van der Waals surface area (Å²) in [7, 11) is 0. The molecule has 0 atom stereocenters. The van der Waals surface area contributed by atoms with Gasteiger partial charge in [0.15, 0.2) is 0 Å². The second-order valence-electron chi connectivity index (χ2n) is 4.85. The maximum Gasteiger partial charge on any atom is 0.243 e. The number of halogens is 2. The van der Waals surface area contributed by atoms with Crippen LogP contribution in [0.2, 0.25) is 0 Å². The van der Waals surface area contributed by atoms with Gasteiger partial charge in [-0.3, -0.25) is 4.79 Å². The number of imidazole rings is 1. The zero-order valence-corrected chi connectivity index (χ0v) is 12.9. The van der Waals surface area contributed by atoms with Gasteiger partial charge in [0, 0.05) is 18.9 Å². The molecule has 1 aliphatic rings. The highest BCUT2D eigenvalue weighted by Gasteiger charge is 2.39. The summed E-state index contributed by atoms with van der Waals surface area (Å²) in [4.78, 5) is 21.1. The summed E-state index contributed by atoms with van der Waals surface area (Å²) in [5.74, 6) is 0.629. The largest absolute Gasteiger partial charge is 0.395 e. The molecule has 0 bridgehead atoms. The van der Waals surface area contributed by atoms with Gasteiger partial charge in [0.05, 0.1) is 18.7 Å². The molecule has 0 aliphatic heterocycles. The fraction of sp³-hybridized carbons (Fsp3) is 0.667. The molecule has 0 unspecified atom stereocenters. The van der Waals surface area contributed by atoms with Crippen LogP contribution >= 0.6 is 24.8 Å². The molecule has 20 heavy (non-hydrogen) atoms. The first-order valence-electron chi connectivity index (χ1n) is 6.33. The van der Waals surface area contributed by atoms with Crippen molar-refractivity contribution in [1.29, 1.82) is 0 Å². The van der Waals surface area contributed by atoms with Gasteiger partial charge in [0.25, 0.3) is 0 Å². The van der Waals surface area contributed by atoms with Crippen molar-refractivity contribution in [1.82, 2.24) is 14.9 Å². The van der Waals surface area contributed by atoms with Crippen molar-refractivity contribution in [2.24, 2.45) is 5.73 Å². The zero-order chi connectivity index (χ0) is 13.0. The molecule has 1 amide bonds. The first-order valence-corrected chi connectivity index (χ1v) is 6.33. The maximum absolute atomic E-state index is 12.4. The van der Waals surface area contributed by atoms with E-state index in [2.05, 4.69) is 9.97 Å². The monoisotopic (exact) mass is 324 g/mol. The lowest BCUT2D eigenvalue weighted by Gasteiger charge is -2.30. The van der Waals surface area contributed by atoms with Crippen molar-refractivity contribution in [3.05, 3.63) is 18.2 Å². The summed E-state index contributed by atoms with van der Waals surface area (Å²) in [6.45, 7) is 0.590. The predicted molar refractivity (Wildman–Crippen MR) is 81.0 cm³/mol. The van der Waals surface area contributed by atoms with Crippen LogP contribution in [0.1, 0.15) is 31.5 Å². The Morgan fingerprint density at radius 3 is 2.60 bits per heavy atom. The van der Waals surface area contributed by atoms with E-state index >= 15 is 0 Å². The number of nitrogens with one attached hydrogen (secondary N) is 1. The molecule has 1 aromatic heterocycles. The molecule has 0 spiro atoms. The number of aromatic amines is 1. The van der Waals surface area contributed by atoms with Crippen molar-refractivity contribution in [3.8, 4) is 0 Å². The van der Waals surface area contributed by atoms with Crippen molar-refractivity contribution in [2.75, 3.05) is 13.2 Å². The molecule has 1 aliphatic carbocycles. The van der Waals surface area contributed by atoms with Gasteiger partial charge in [-0.15, -0.1) is 24.8 Å². The van der Waals surface area contributed by atoms with Gasteiger partial charge < -0.3 is 20.7 Å². The van der Waals surface area contributed by atoms with E-state index in [9.17, 15) is 4.79 Å². The average Bonchev–Trinajstić information content (AvgIpc) is 3.00. The Labute approximate surface area is 131 Å². The van der Waals surface area contributed by atoms with Crippen molar-refractivity contribution in [2.45, 2.75) is 37.8 Å². The molecule has 1 fully saturated rings. The molecule has 1 saturated carbocycles. The van der Waals surface area contributed by atoms with E-state index < -0.39 is 5.54 Å². The number of hydrogen-bond donors (Lipinski definition) is 3. The lowest BCUT2D eigenvalue weighted by Crippen LogP contribution is -2.54. The first kappa shape index (κ1) is 19.2. The highest BCUT2D eigenvalue weighted by atomic mass is 35.5. The van der Waals surface area contributed by atoms with Crippen LogP contribution in [0.4, 0.5) is 0 Å². The standard InChI is InChI=1S/C12H20N4O2.2ClH/c13-12(3-1-2-4-12)11(18)16(7-8-17)9-10-14-5-6-15-10;;/h5-6,17H,1-4,7-9,13H2,(H,14,15);2*1H. The fourth-order valence-electron chi connectivity index (χ4n) is 2.47. The third-order valence-electron chi connectivity index (χ3n) is 3.47. The normalized spacial score (nSPS) is 16.1. The van der Waals surface area contributed by atoms with Crippen LogP contribution in [0.3, 0.4) is 0 Å². The fourth-order valence-corrected chi connectivity index (χ4v) is 2.47. The molecule has 8 heteroatoms. The summed E-state index contributed by atoms with van der Waals surface area (Å²) >= 11 is 0. The molecule has 6 nitrogen and oxygen atoms in total. The number of H-pyrrole nitrogens is 1. The SMILES string of the molecule is Cl.Cl.NC1(C(=O)N(CCO)Cc2ncc[nH]2)CCCC1. The topological polar surface area (TPSA) is 95.2 Å². The smallest absolute Gasteiger partial charge is 0.243 e. The van der Waals surface area contributed by atoms with Crippen molar-refractivity contribution in [3.63, 3.8) is 0 Å². The van der Waals surface area contributed by atoms with Crippen LogP contribution in [0.15, 0.2) is 12.4 Å². The van der Waals surface area contributed by atoms with E-state index in [4.69, 9.17) is 10.8 Å². The second kappa shape index (κ2) is 8.46. The number of aromatic nitrogens is 2. The molecule has 1 heterocycles. The molecule has 0 saturated heterocycles. The number of nitrogens with two attached hydrogens (primary N) is 1. The number of carbonyl (C=O) groups excluding carboxylic acids is 1. The van der Waals surface area contributed by atoms with Crippen LogP contribution < -0.4 is 5.73 Å². The number of carbonyl (C=O) groups is 1. The zero-order valence-electron chi connectivity index (χ0n) is 11.2. The molecular weight excluding hydrogens is 303 g/mol. The predicted octanol–water partition coefficient (Wildman–Crippen LogP) is 0.846. The van der Waals surface area contributed by atoms with Gasteiger partial charge in [0.1, 0.15) is 5.82 Å². The lowest BCUT2D eigenvalue weighted by molar-refractivity contribution is -0.138. The van der Waals surface area contributed by atoms with Crippen molar-refractivity contribution < 1.29 is 9.90 Å². The highest BCUT2D eigenvalue weighted by molar-refractivity contribution is 5.86. The summed E-state index contributed by atoms with van der Waals surface area (Å²) in [6.07, 6.45) is 6.80. The van der Waals surface area contributed by atoms with E-state index in [1.165, 1.54) is 0 Å². The molecular formula is C12H22Cl2N4O2. The van der Waals surface area contributed by atoms with E-state index in [0.29, 0.717) is 18.9 Å². The maximum atomic E-state index is 12.4. The minimum absolute atomic E-state index is 0. The van der Waals surface area contributed by atoms with Crippen LogP contribution in [-0.4, -0.2) is 44.6 Å². The number of rotatable bonds is 5. The lowest BCUT2D eigenvalue weighted by atomic mass is 9.97. The molecule has 4 N–H and O–H groups in total. The minimum Gasteiger partial charge on any atom is -0.395 e. The average molecular weight is 325 g/mol.